The molecule has 0 saturated heterocycles. The van der Waals surface area contributed by atoms with Gasteiger partial charge in [0.1, 0.15) is 19.3 Å². The van der Waals surface area contributed by atoms with Gasteiger partial charge < -0.3 is 33.8 Å². The first-order chi connectivity index (χ1) is 47.8. The molecule has 3 unspecified atom stereocenters. The van der Waals surface area contributed by atoms with Crippen LogP contribution in [0.5, 0.6) is 0 Å². The minimum Gasteiger partial charge on any atom is -0.462 e. The number of phosphoric acid groups is 2. The molecule has 0 radical (unpaired) electrons. The summed E-state index contributed by atoms with van der Waals surface area (Å²) in [5, 5.41) is 10.6. The molecular weight excluding hydrogens is 1290 g/mol. The van der Waals surface area contributed by atoms with Crippen molar-refractivity contribution in [3.8, 4) is 0 Å². The van der Waals surface area contributed by atoms with Crippen LogP contribution in [0.2, 0.25) is 0 Å². The highest BCUT2D eigenvalue weighted by Crippen LogP contribution is 2.45. The van der Waals surface area contributed by atoms with Crippen LogP contribution in [0.3, 0.4) is 0 Å². The Labute approximate surface area is 607 Å². The average molecular weight is 1450 g/mol. The van der Waals surface area contributed by atoms with Gasteiger partial charge >= 0.3 is 39.5 Å². The lowest BCUT2D eigenvalue weighted by Crippen LogP contribution is -2.30. The minimum absolute atomic E-state index is 0.106. The molecule has 0 amide bonds. The Hall–Kier alpha value is -1.94. The van der Waals surface area contributed by atoms with Gasteiger partial charge in [-0.1, -0.05) is 363 Å². The van der Waals surface area contributed by atoms with Gasteiger partial charge in [-0.15, -0.1) is 0 Å². The third-order valence-electron chi connectivity index (χ3n) is 19.0. The first-order valence-corrected chi connectivity index (χ1v) is 44.4. The molecule has 0 aromatic heterocycles. The summed E-state index contributed by atoms with van der Waals surface area (Å²) in [6, 6.07) is 0. The molecule has 0 spiro atoms. The highest BCUT2D eigenvalue weighted by atomic mass is 31.2. The van der Waals surface area contributed by atoms with Crippen LogP contribution in [-0.4, -0.2) is 96.7 Å². The van der Waals surface area contributed by atoms with E-state index in [9.17, 15) is 43.2 Å². The number of unbranched alkanes of at least 4 members (excludes halogenated alkanes) is 45. The molecule has 0 aliphatic carbocycles. The summed E-state index contributed by atoms with van der Waals surface area (Å²) in [5.74, 6) is 0.254. The van der Waals surface area contributed by atoms with E-state index in [1.807, 2.05) is 0 Å². The monoisotopic (exact) mass is 1450 g/mol. The van der Waals surface area contributed by atoms with Gasteiger partial charge in [-0.05, 0) is 43.4 Å². The van der Waals surface area contributed by atoms with Gasteiger partial charge in [-0.3, -0.25) is 37.3 Å². The lowest BCUT2D eigenvalue weighted by atomic mass is 9.99. The molecule has 0 aromatic carbocycles. The molecule has 17 nitrogen and oxygen atoms in total. The molecule has 3 N–H and O–H groups in total. The molecule has 6 atom stereocenters. The Morgan fingerprint density at radius 3 is 0.768 bits per heavy atom. The minimum atomic E-state index is -4.96. The van der Waals surface area contributed by atoms with E-state index < -0.39 is 97.5 Å². The molecule has 0 bridgehead atoms. The Morgan fingerprint density at radius 2 is 0.515 bits per heavy atom. The summed E-state index contributed by atoms with van der Waals surface area (Å²) in [5.41, 5.74) is 0. The average Bonchev–Trinajstić information content (AvgIpc) is 0.978. The SMILES string of the molecule is CCCCCCCCCCCCCCC(=O)OC[C@H](COP(=O)(O)OC[C@H](O)COP(=O)(O)OC[C@@H](COC(=O)CCCCCCCCCCCCC(C)CC)OC(=O)CCCCCCCCCCCCCCCCCCCCC(C)C)OC(=O)CCCCCCCCCCCC(C)C. The fraction of sp³-hybridized carbons (Fsp3) is 0.950. The number of aliphatic hydroxyl groups is 1. The quantitative estimate of drug-likeness (QED) is 0.0222. The van der Waals surface area contributed by atoms with Gasteiger partial charge in [0.2, 0.25) is 0 Å². The predicted molar refractivity (Wildman–Crippen MR) is 405 cm³/mol. The van der Waals surface area contributed by atoms with E-state index in [1.165, 1.54) is 225 Å². The fourth-order valence-electron chi connectivity index (χ4n) is 12.3. The van der Waals surface area contributed by atoms with Crippen LogP contribution in [0.25, 0.3) is 0 Å². The second kappa shape index (κ2) is 70.4. The van der Waals surface area contributed by atoms with Crippen molar-refractivity contribution in [2.24, 2.45) is 17.8 Å². The maximum absolute atomic E-state index is 13.1. The molecule has 19 heteroatoms. The largest absolute Gasteiger partial charge is 0.472 e. The van der Waals surface area contributed by atoms with Crippen molar-refractivity contribution in [1.29, 1.82) is 0 Å². The van der Waals surface area contributed by atoms with Gasteiger partial charge in [0.05, 0.1) is 26.4 Å². The summed E-state index contributed by atoms with van der Waals surface area (Å²) in [7, 11) is -9.92. The van der Waals surface area contributed by atoms with E-state index in [4.69, 9.17) is 37.0 Å². The number of hydrogen-bond acceptors (Lipinski definition) is 15. The van der Waals surface area contributed by atoms with Crippen LogP contribution in [0.1, 0.15) is 414 Å². The number of ether oxygens (including phenoxy) is 4. The fourth-order valence-corrected chi connectivity index (χ4v) is 13.9. The lowest BCUT2D eigenvalue weighted by molar-refractivity contribution is -0.161. The van der Waals surface area contributed by atoms with E-state index in [0.29, 0.717) is 25.7 Å². The van der Waals surface area contributed by atoms with Crippen molar-refractivity contribution < 1.29 is 80.2 Å². The van der Waals surface area contributed by atoms with E-state index in [2.05, 4.69) is 48.5 Å². The summed E-state index contributed by atoms with van der Waals surface area (Å²) < 4.78 is 68.7. The molecule has 0 aromatic rings. The zero-order valence-corrected chi connectivity index (χ0v) is 66.8. The second-order valence-electron chi connectivity index (χ2n) is 30.0. The molecule has 0 aliphatic heterocycles. The van der Waals surface area contributed by atoms with E-state index in [1.54, 1.807) is 0 Å². The van der Waals surface area contributed by atoms with Crippen LogP contribution in [0, 0.1) is 17.8 Å². The van der Waals surface area contributed by atoms with Crippen LogP contribution >= 0.6 is 15.6 Å². The first-order valence-electron chi connectivity index (χ1n) is 41.4. The number of carbonyl (C=O) groups excluding carboxylic acids is 4. The predicted octanol–water partition coefficient (Wildman–Crippen LogP) is 23.7. The van der Waals surface area contributed by atoms with Crippen LogP contribution < -0.4 is 0 Å². The number of esters is 4. The Bertz CT molecular complexity index is 1920. The zero-order valence-electron chi connectivity index (χ0n) is 65.0. The molecule has 99 heavy (non-hydrogen) atoms. The van der Waals surface area contributed by atoms with Gasteiger partial charge in [0, 0.05) is 25.7 Å². The number of rotatable bonds is 78. The summed E-state index contributed by atoms with van der Waals surface area (Å²) >= 11 is 0. The molecule has 0 saturated carbocycles. The van der Waals surface area contributed by atoms with Gasteiger partial charge in [-0.2, -0.15) is 0 Å². The van der Waals surface area contributed by atoms with E-state index >= 15 is 0 Å². The Balaban J connectivity index is 5.23. The molecule has 0 rings (SSSR count). The van der Waals surface area contributed by atoms with Crippen LogP contribution in [-0.2, 0) is 65.4 Å². The van der Waals surface area contributed by atoms with Crippen molar-refractivity contribution in [2.45, 2.75) is 433 Å². The molecule has 0 aliphatic rings. The van der Waals surface area contributed by atoms with Gasteiger partial charge in [0.25, 0.3) is 0 Å². The molecule has 0 fully saturated rings. The maximum Gasteiger partial charge on any atom is 0.472 e. The first kappa shape index (κ1) is 97.1. The molecular formula is C80H156O17P2. The van der Waals surface area contributed by atoms with Crippen molar-refractivity contribution in [3.05, 3.63) is 0 Å². The standard InChI is InChI=1S/C80H156O17P2/c1-8-10-11-12-13-14-15-25-33-40-47-54-61-77(82)90-68-76(97-80(85)64-57-50-43-36-29-31-38-45-52-59-72(5)6)70-95-99(88,89)93-66-74(81)65-92-98(86,87)94-69-75(67-91-78(83)62-55-48-41-34-28-27-32-39-46-53-60-73(7)9-2)96-79(84)63-56-49-42-35-26-23-21-19-17-16-18-20-22-24-30-37-44-51-58-71(3)4/h71-76,81H,8-70H2,1-7H3,(H,86,87)(H,88,89)/t73?,74-,75-,76-/m1/s1. The van der Waals surface area contributed by atoms with Crippen LogP contribution in [0.4, 0.5) is 0 Å². The van der Waals surface area contributed by atoms with Crippen molar-refractivity contribution in [2.75, 3.05) is 39.6 Å². The van der Waals surface area contributed by atoms with Crippen molar-refractivity contribution >= 4 is 39.5 Å². The van der Waals surface area contributed by atoms with Crippen molar-refractivity contribution in [3.63, 3.8) is 0 Å². The third kappa shape index (κ3) is 72.8. The molecule has 588 valence electrons. The highest BCUT2D eigenvalue weighted by Gasteiger charge is 2.30. The van der Waals surface area contributed by atoms with Crippen LogP contribution in [0.15, 0.2) is 0 Å². The topological polar surface area (TPSA) is 237 Å². The number of phosphoric ester groups is 2. The summed E-state index contributed by atoms with van der Waals surface area (Å²) in [4.78, 5) is 73.0. The van der Waals surface area contributed by atoms with Gasteiger partial charge in [-0.25, -0.2) is 9.13 Å². The smallest absolute Gasteiger partial charge is 0.462 e. The maximum atomic E-state index is 13.1. The summed E-state index contributed by atoms with van der Waals surface area (Å²) in [6.45, 7) is 12.0. The number of hydrogen-bond donors (Lipinski definition) is 3. The summed E-state index contributed by atoms with van der Waals surface area (Å²) in [6.07, 6.45) is 58.2. The number of aliphatic hydroxyl groups excluding tert-OH is 1. The van der Waals surface area contributed by atoms with E-state index in [0.717, 1.165) is 108 Å². The lowest BCUT2D eigenvalue weighted by Gasteiger charge is -2.21. The van der Waals surface area contributed by atoms with Crippen molar-refractivity contribution in [1.82, 2.24) is 0 Å². The number of carbonyl (C=O) groups is 4. The normalized spacial score (nSPS) is 14.3. The zero-order chi connectivity index (χ0) is 73.0. The van der Waals surface area contributed by atoms with Gasteiger partial charge in [0.15, 0.2) is 12.2 Å². The Kier molecular flexibility index (Phi) is 69.0. The molecule has 0 heterocycles. The highest BCUT2D eigenvalue weighted by molar-refractivity contribution is 7.47. The third-order valence-corrected chi connectivity index (χ3v) is 20.9. The Morgan fingerprint density at radius 1 is 0.293 bits per heavy atom. The second-order valence-corrected chi connectivity index (χ2v) is 32.9. The van der Waals surface area contributed by atoms with E-state index in [-0.39, 0.29) is 25.7 Å².